The summed E-state index contributed by atoms with van der Waals surface area (Å²) in [5.41, 5.74) is 0.163. The third-order valence-electron chi connectivity index (χ3n) is 5.30. The van der Waals surface area contributed by atoms with Crippen molar-refractivity contribution in [3.8, 4) is 16.3 Å². The van der Waals surface area contributed by atoms with Crippen LogP contribution in [0.25, 0.3) is 10.6 Å². The molecule has 35 heavy (non-hydrogen) atoms. The molecule has 10 heteroatoms. The van der Waals surface area contributed by atoms with E-state index in [1.165, 1.54) is 11.4 Å². The highest BCUT2D eigenvalue weighted by Gasteiger charge is 2.31. The molecule has 0 saturated heterocycles. The Labute approximate surface area is 211 Å². The number of aromatic nitrogens is 1. The highest BCUT2D eigenvalue weighted by molar-refractivity contribution is 7.13. The highest BCUT2D eigenvalue weighted by atomic mass is 35.5. The van der Waals surface area contributed by atoms with E-state index in [4.69, 9.17) is 16.3 Å². The minimum absolute atomic E-state index is 0.0838. The molecule has 1 N–H and O–H groups in total. The molecule has 0 saturated carbocycles. The Morgan fingerprint density at radius 1 is 1.14 bits per heavy atom. The summed E-state index contributed by atoms with van der Waals surface area (Å²) in [6, 6.07) is 10.9. The number of amides is 1. The number of alkyl halides is 3. The Hall–Kier alpha value is -2.62. The maximum absolute atomic E-state index is 12.9. The number of anilines is 1. The van der Waals surface area contributed by atoms with E-state index < -0.39 is 17.6 Å². The van der Waals surface area contributed by atoms with Gasteiger partial charge in [0.2, 0.25) is 0 Å². The molecule has 0 fully saturated rings. The average molecular weight is 526 g/mol. The van der Waals surface area contributed by atoms with Crippen LogP contribution in [0, 0.1) is 0 Å². The summed E-state index contributed by atoms with van der Waals surface area (Å²) in [7, 11) is 0. The van der Waals surface area contributed by atoms with Crippen molar-refractivity contribution in [2.75, 3.05) is 18.5 Å². The number of halogens is 4. The number of hydrogen-bond acceptors (Lipinski definition) is 5. The van der Waals surface area contributed by atoms with Gasteiger partial charge in [-0.3, -0.25) is 9.69 Å². The first-order valence-electron chi connectivity index (χ1n) is 11.1. The zero-order chi connectivity index (χ0) is 25.8. The van der Waals surface area contributed by atoms with Gasteiger partial charge in [0, 0.05) is 41.3 Å². The Balaban J connectivity index is 1.64. The fourth-order valence-electron chi connectivity index (χ4n) is 3.61. The van der Waals surface area contributed by atoms with E-state index in [0.717, 1.165) is 30.0 Å². The number of ether oxygens (including phenoxy) is 1. The van der Waals surface area contributed by atoms with Crippen molar-refractivity contribution in [1.82, 2.24) is 9.88 Å². The smallest absolute Gasteiger partial charge is 0.416 e. The molecule has 1 amide bonds. The quantitative estimate of drug-likeness (QED) is 0.320. The molecule has 0 spiro atoms. The lowest BCUT2D eigenvalue weighted by Gasteiger charge is -2.30. The van der Waals surface area contributed by atoms with Crippen molar-refractivity contribution < 1.29 is 22.7 Å². The van der Waals surface area contributed by atoms with Gasteiger partial charge in [-0.25, -0.2) is 4.98 Å². The largest absolute Gasteiger partial charge is 0.492 e. The molecular weight excluding hydrogens is 499 g/mol. The summed E-state index contributed by atoms with van der Waals surface area (Å²) in [5.74, 6) is 0.184. The van der Waals surface area contributed by atoms with E-state index in [0.29, 0.717) is 40.7 Å². The van der Waals surface area contributed by atoms with Gasteiger partial charge in [-0.15, -0.1) is 11.3 Å². The second-order valence-corrected chi connectivity index (χ2v) is 9.75. The maximum Gasteiger partial charge on any atom is 0.416 e. The summed E-state index contributed by atoms with van der Waals surface area (Å²) in [4.78, 5) is 19.3. The van der Waals surface area contributed by atoms with Crippen molar-refractivity contribution in [3.05, 3.63) is 64.1 Å². The fourth-order valence-corrected chi connectivity index (χ4v) is 4.77. The van der Waals surface area contributed by atoms with Gasteiger partial charge in [-0.05, 0) is 58.0 Å². The third-order valence-corrected chi connectivity index (χ3v) is 6.49. The first-order chi connectivity index (χ1) is 16.5. The van der Waals surface area contributed by atoms with Crippen LogP contribution < -0.4 is 10.1 Å². The molecule has 3 aromatic rings. The number of nitrogens with zero attached hydrogens (tertiary/aromatic N) is 2. The Morgan fingerprint density at radius 3 is 2.49 bits per heavy atom. The van der Waals surface area contributed by atoms with Gasteiger partial charge in [-0.1, -0.05) is 17.7 Å². The van der Waals surface area contributed by atoms with E-state index in [2.05, 4.69) is 42.9 Å². The molecule has 0 aliphatic heterocycles. The van der Waals surface area contributed by atoms with Crippen LogP contribution in [0.1, 0.15) is 43.7 Å². The summed E-state index contributed by atoms with van der Waals surface area (Å²) in [6.07, 6.45) is -4.49. The maximum atomic E-state index is 12.9. The first kappa shape index (κ1) is 27.0. The average Bonchev–Trinajstić information content (AvgIpc) is 3.26. The number of carbonyl (C=O) groups is 1. The second-order valence-electron chi connectivity index (χ2n) is 8.49. The summed E-state index contributed by atoms with van der Waals surface area (Å²) in [5, 5.41) is 4.58. The number of hydrogen-bond donors (Lipinski definition) is 1. The van der Waals surface area contributed by atoms with Crippen LogP contribution in [-0.2, 0) is 6.18 Å². The van der Waals surface area contributed by atoms with E-state index >= 15 is 0 Å². The number of benzene rings is 2. The predicted molar refractivity (Wildman–Crippen MR) is 134 cm³/mol. The summed E-state index contributed by atoms with van der Waals surface area (Å²) in [6.45, 7) is 9.87. The lowest BCUT2D eigenvalue weighted by molar-refractivity contribution is -0.137. The van der Waals surface area contributed by atoms with E-state index in [1.807, 2.05) is 6.07 Å². The Morgan fingerprint density at radius 2 is 1.86 bits per heavy atom. The number of carbonyl (C=O) groups excluding carboxylic acids is 1. The third kappa shape index (κ3) is 7.19. The molecule has 3 rings (SSSR count). The van der Waals surface area contributed by atoms with Crippen LogP contribution in [0.2, 0.25) is 5.02 Å². The van der Waals surface area contributed by atoms with Crippen LogP contribution in [0.5, 0.6) is 5.75 Å². The van der Waals surface area contributed by atoms with E-state index in [-0.39, 0.29) is 10.7 Å². The Kier molecular flexibility index (Phi) is 8.79. The first-order valence-corrected chi connectivity index (χ1v) is 12.3. The van der Waals surface area contributed by atoms with Crippen molar-refractivity contribution >= 4 is 34.5 Å². The van der Waals surface area contributed by atoms with Gasteiger partial charge in [0.25, 0.3) is 5.91 Å². The molecule has 0 atom stereocenters. The Bertz CT molecular complexity index is 1160. The zero-order valence-electron chi connectivity index (χ0n) is 19.8. The number of thiazole rings is 1. The van der Waals surface area contributed by atoms with Crippen LogP contribution in [0.3, 0.4) is 0 Å². The number of rotatable bonds is 9. The molecule has 5 nitrogen and oxygen atoms in total. The van der Waals surface area contributed by atoms with E-state index in [1.54, 1.807) is 18.2 Å². The molecule has 0 aliphatic rings. The van der Waals surface area contributed by atoms with Gasteiger partial charge >= 0.3 is 6.18 Å². The normalized spacial score (nSPS) is 12.0. The van der Waals surface area contributed by atoms with Crippen molar-refractivity contribution in [2.24, 2.45) is 0 Å². The summed E-state index contributed by atoms with van der Waals surface area (Å²) < 4.78 is 44.5. The van der Waals surface area contributed by atoms with Crippen LogP contribution in [-0.4, -0.2) is 41.0 Å². The van der Waals surface area contributed by atoms with Crippen molar-refractivity contribution in [3.63, 3.8) is 0 Å². The minimum atomic E-state index is -4.49. The van der Waals surface area contributed by atoms with Crippen molar-refractivity contribution in [2.45, 2.75) is 46.0 Å². The van der Waals surface area contributed by atoms with Gasteiger partial charge in [0.05, 0.1) is 10.6 Å². The standard InChI is InChI=1S/C25H27ClF3N3O2S/c1-15(2)32(16(3)4)10-11-34-19-7-5-6-18(13-19)30-23(33)22-14-35-24(31-22)20-9-8-17(12-21(20)26)25(27,28)29/h5-9,12-16H,10-11H2,1-4H3,(H,30,33). The van der Waals surface area contributed by atoms with Crippen LogP contribution in [0.15, 0.2) is 47.8 Å². The van der Waals surface area contributed by atoms with Gasteiger partial charge < -0.3 is 10.1 Å². The van der Waals surface area contributed by atoms with Crippen LogP contribution in [0.4, 0.5) is 18.9 Å². The molecule has 0 aliphatic carbocycles. The molecule has 2 aromatic carbocycles. The SMILES string of the molecule is CC(C)N(CCOc1cccc(NC(=O)c2csc(-c3ccc(C(F)(F)F)cc3Cl)n2)c1)C(C)C. The van der Waals surface area contributed by atoms with Gasteiger partial charge in [-0.2, -0.15) is 13.2 Å². The lowest BCUT2D eigenvalue weighted by Crippen LogP contribution is -2.39. The highest BCUT2D eigenvalue weighted by Crippen LogP contribution is 2.36. The second kappa shape index (κ2) is 11.4. The lowest BCUT2D eigenvalue weighted by atomic mass is 10.1. The summed E-state index contributed by atoms with van der Waals surface area (Å²) >= 11 is 7.17. The van der Waals surface area contributed by atoms with Gasteiger partial charge in [0.15, 0.2) is 0 Å². The predicted octanol–water partition coefficient (Wildman–Crippen LogP) is 7.23. The minimum Gasteiger partial charge on any atom is -0.492 e. The van der Waals surface area contributed by atoms with Crippen LogP contribution >= 0.6 is 22.9 Å². The molecule has 0 bridgehead atoms. The molecule has 1 aromatic heterocycles. The van der Waals surface area contributed by atoms with Crippen molar-refractivity contribution in [1.29, 1.82) is 0 Å². The molecule has 0 unspecified atom stereocenters. The zero-order valence-corrected chi connectivity index (χ0v) is 21.4. The molecule has 188 valence electrons. The molecule has 0 radical (unpaired) electrons. The molecule has 1 heterocycles. The monoisotopic (exact) mass is 525 g/mol. The topological polar surface area (TPSA) is 54.5 Å². The van der Waals surface area contributed by atoms with Gasteiger partial charge in [0.1, 0.15) is 23.1 Å². The number of nitrogens with one attached hydrogen (secondary N) is 1. The van der Waals surface area contributed by atoms with E-state index in [9.17, 15) is 18.0 Å². The molecular formula is C25H27ClF3N3O2S. The fraction of sp³-hybridized carbons (Fsp3) is 0.360.